The lowest BCUT2D eigenvalue weighted by Crippen LogP contribution is -2.21. The Morgan fingerprint density at radius 3 is 2.34 bits per heavy atom. The summed E-state index contributed by atoms with van der Waals surface area (Å²) in [4.78, 5) is 16.1. The van der Waals surface area contributed by atoms with Crippen molar-refractivity contribution in [1.29, 1.82) is 0 Å². The Kier molecular flexibility index (Phi) is 5.35. The van der Waals surface area contributed by atoms with Gasteiger partial charge in [0.1, 0.15) is 0 Å². The highest BCUT2D eigenvalue weighted by atomic mass is 32.1. The molecule has 0 fully saturated rings. The summed E-state index contributed by atoms with van der Waals surface area (Å²) in [6, 6.07) is 25.5. The van der Waals surface area contributed by atoms with Crippen LogP contribution in [-0.4, -0.2) is 20.4 Å². The number of Topliss-reactive ketones (excluding diaryl/α,β-unsaturated/α-hetero) is 1. The molecule has 0 radical (unpaired) electrons. The van der Waals surface area contributed by atoms with E-state index in [9.17, 15) is 4.79 Å². The summed E-state index contributed by atoms with van der Waals surface area (Å²) in [6.45, 7) is 2.23. The molecule has 29 heavy (non-hydrogen) atoms. The third-order valence-corrected chi connectivity index (χ3v) is 4.82. The number of hydrogen-bond acceptors (Lipinski definition) is 3. The first-order chi connectivity index (χ1) is 14.1. The number of anilines is 2. The zero-order chi connectivity index (χ0) is 20.2. The maximum Gasteiger partial charge on any atom is 0.210 e. The Hall–Kier alpha value is -3.51. The number of ketones is 1. The van der Waals surface area contributed by atoms with E-state index in [0.29, 0.717) is 23.2 Å². The molecule has 144 valence electrons. The molecule has 6 heteroatoms. The van der Waals surface area contributed by atoms with Crippen LogP contribution in [0.1, 0.15) is 22.8 Å². The second-order valence-corrected chi connectivity index (χ2v) is 7.12. The predicted octanol–water partition coefficient (Wildman–Crippen LogP) is 5.10. The number of imidazole rings is 1. The molecule has 0 atom stereocenters. The van der Waals surface area contributed by atoms with Crippen LogP contribution < -0.4 is 10.6 Å². The Balaban J connectivity index is 1.57. The molecule has 1 heterocycles. The molecule has 3 aromatic carbocycles. The van der Waals surface area contributed by atoms with E-state index in [0.717, 1.165) is 16.7 Å². The molecule has 0 unspecified atom stereocenters. The number of thiocarbonyl (C=S) groups is 1. The van der Waals surface area contributed by atoms with Crippen LogP contribution in [0, 0.1) is 0 Å². The molecule has 4 rings (SSSR count). The third-order valence-electron chi connectivity index (χ3n) is 4.61. The van der Waals surface area contributed by atoms with Crippen molar-refractivity contribution in [2.45, 2.75) is 13.5 Å². The second-order valence-electron chi connectivity index (χ2n) is 6.71. The number of aromatic nitrogens is 2. The number of nitrogens with one attached hydrogen (secondary N) is 2. The number of fused-ring (bicyclic) bond motifs is 1. The van der Waals surface area contributed by atoms with Gasteiger partial charge in [0.25, 0.3) is 0 Å². The standard InChI is InChI=1S/C23H20N4OS/c1-16(28)18-11-13-19(14-12-18)24-23(29)26-22-25-20-9-5-6-10-21(20)27(22)15-17-7-3-2-4-8-17/h2-14H,15H2,1H3,(H2,24,25,26,29). The van der Waals surface area contributed by atoms with Gasteiger partial charge in [-0.25, -0.2) is 4.98 Å². The number of nitrogens with zero attached hydrogens (tertiary/aromatic N) is 2. The topological polar surface area (TPSA) is 59.0 Å². The molecule has 1 aromatic heterocycles. The smallest absolute Gasteiger partial charge is 0.210 e. The van der Waals surface area contributed by atoms with Crippen LogP contribution in [0.25, 0.3) is 11.0 Å². The Labute approximate surface area is 174 Å². The molecule has 0 aliphatic rings. The van der Waals surface area contributed by atoms with Crippen LogP contribution in [0.3, 0.4) is 0 Å². The van der Waals surface area contributed by atoms with E-state index in [2.05, 4.69) is 27.3 Å². The van der Waals surface area contributed by atoms with Gasteiger partial charge in [-0.05, 0) is 61.1 Å². The average molecular weight is 401 g/mol. The minimum Gasteiger partial charge on any atom is -0.332 e. The molecule has 0 spiro atoms. The van der Waals surface area contributed by atoms with Crippen LogP contribution in [0.4, 0.5) is 11.6 Å². The molecule has 5 nitrogen and oxygen atoms in total. The summed E-state index contributed by atoms with van der Waals surface area (Å²) in [7, 11) is 0. The van der Waals surface area contributed by atoms with E-state index >= 15 is 0 Å². The quantitative estimate of drug-likeness (QED) is 0.361. The van der Waals surface area contributed by atoms with Gasteiger partial charge >= 0.3 is 0 Å². The van der Waals surface area contributed by atoms with Crippen LogP contribution in [0.15, 0.2) is 78.9 Å². The molecular formula is C23H20N4OS. The fraction of sp³-hybridized carbons (Fsp3) is 0.0870. The van der Waals surface area contributed by atoms with E-state index < -0.39 is 0 Å². The number of rotatable bonds is 5. The number of carbonyl (C=O) groups excluding carboxylic acids is 1. The Morgan fingerprint density at radius 1 is 0.931 bits per heavy atom. The lowest BCUT2D eigenvalue weighted by Gasteiger charge is -2.13. The van der Waals surface area contributed by atoms with Gasteiger partial charge in [-0.1, -0.05) is 42.5 Å². The third kappa shape index (κ3) is 4.33. The molecule has 0 bridgehead atoms. The van der Waals surface area contributed by atoms with Crippen LogP contribution in [-0.2, 0) is 6.54 Å². The molecular weight excluding hydrogens is 380 g/mol. The Bertz CT molecular complexity index is 1170. The van der Waals surface area contributed by atoms with Gasteiger partial charge < -0.3 is 15.2 Å². The fourth-order valence-corrected chi connectivity index (χ4v) is 3.36. The molecule has 2 N–H and O–H groups in total. The van der Waals surface area contributed by atoms with Crippen LogP contribution in [0.5, 0.6) is 0 Å². The van der Waals surface area contributed by atoms with Crippen LogP contribution in [0.2, 0.25) is 0 Å². The fourth-order valence-electron chi connectivity index (χ4n) is 3.15. The first-order valence-electron chi connectivity index (χ1n) is 9.28. The van der Waals surface area contributed by atoms with Crippen molar-refractivity contribution in [2.24, 2.45) is 0 Å². The van der Waals surface area contributed by atoms with Gasteiger partial charge in [-0.15, -0.1) is 0 Å². The zero-order valence-electron chi connectivity index (χ0n) is 15.9. The highest BCUT2D eigenvalue weighted by Crippen LogP contribution is 2.21. The van der Waals surface area contributed by atoms with Gasteiger partial charge in [0.15, 0.2) is 10.9 Å². The summed E-state index contributed by atoms with van der Waals surface area (Å²) in [6.07, 6.45) is 0. The normalized spacial score (nSPS) is 10.7. The van der Waals surface area contributed by atoms with Crippen molar-refractivity contribution in [1.82, 2.24) is 9.55 Å². The van der Waals surface area contributed by atoms with Gasteiger partial charge in [-0.3, -0.25) is 4.79 Å². The van der Waals surface area contributed by atoms with Crippen molar-refractivity contribution in [3.8, 4) is 0 Å². The number of carbonyl (C=O) groups is 1. The summed E-state index contributed by atoms with van der Waals surface area (Å²) in [5, 5.41) is 6.79. The van der Waals surface area contributed by atoms with Crippen LogP contribution >= 0.6 is 12.2 Å². The van der Waals surface area contributed by atoms with Crippen molar-refractivity contribution >= 4 is 45.8 Å². The van der Waals surface area contributed by atoms with E-state index in [-0.39, 0.29) is 5.78 Å². The lowest BCUT2D eigenvalue weighted by atomic mass is 10.1. The SMILES string of the molecule is CC(=O)c1ccc(NC(=S)Nc2nc3ccccc3n2Cc2ccccc2)cc1. The zero-order valence-corrected chi connectivity index (χ0v) is 16.7. The predicted molar refractivity (Wildman–Crippen MR) is 122 cm³/mol. The summed E-state index contributed by atoms with van der Waals surface area (Å²) in [5.41, 5.74) is 4.58. The van der Waals surface area contributed by atoms with Gasteiger partial charge in [-0.2, -0.15) is 0 Å². The highest BCUT2D eigenvalue weighted by Gasteiger charge is 2.12. The van der Waals surface area contributed by atoms with Gasteiger partial charge in [0.2, 0.25) is 5.95 Å². The van der Waals surface area contributed by atoms with E-state index in [4.69, 9.17) is 17.2 Å². The molecule has 0 saturated carbocycles. The summed E-state index contributed by atoms with van der Waals surface area (Å²) in [5.74, 6) is 0.708. The number of hydrogen-bond donors (Lipinski definition) is 2. The molecule has 0 saturated heterocycles. The van der Waals surface area contributed by atoms with E-state index in [1.807, 2.05) is 54.6 Å². The molecule has 4 aromatic rings. The molecule has 0 aliphatic carbocycles. The average Bonchev–Trinajstić information content (AvgIpc) is 3.06. The van der Waals surface area contributed by atoms with Crippen molar-refractivity contribution in [3.05, 3.63) is 90.0 Å². The first-order valence-corrected chi connectivity index (χ1v) is 9.69. The second kappa shape index (κ2) is 8.24. The highest BCUT2D eigenvalue weighted by molar-refractivity contribution is 7.80. The monoisotopic (exact) mass is 400 g/mol. The summed E-state index contributed by atoms with van der Waals surface area (Å²) >= 11 is 5.49. The first kappa shape index (κ1) is 18.8. The van der Waals surface area contributed by atoms with E-state index in [1.54, 1.807) is 19.1 Å². The number of benzene rings is 3. The van der Waals surface area contributed by atoms with Crippen molar-refractivity contribution < 1.29 is 4.79 Å². The largest absolute Gasteiger partial charge is 0.332 e. The van der Waals surface area contributed by atoms with Gasteiger partial charge in [0.05, 0.1) is 17.6 Å². The van der Waals surface area contributed by atoms with Crippen molar-refractivity contribution in [3.63, 3.8) is 0 Å². The lowest BCUT2D eigenvalue weighted by molar-refractivity contribution is 0.101. The Morgan fingerprint density at radius 2 is 1.62 bits per heavy atom. The van der Waals surface area contributed by atoms with Crippen molar-refractivity contribution in [2.75, 3.05) is 10.6 Å². The minimum atomic E-state index is 0.0341. The number of para-hydroxylation sites is 2. The maximum absolute atomic E-state index is 11.4. The maximum atomic E-state index is 11.4. The minimum absolute atomic E-state index is 0.0341. The molecule has 0 aliphatic heterocycles. The van der Waals surface area contributed by atoms with E-state index in [1.165, 1.54) is 5.56 Å². The molecule has 0 amide bonds. The van der Waals surface area contributed by atoms with Gasteiger partial charge in [0, 0.05) is 11.3 Å². The summed E-state index contributed by atoms with van der Waals surface area (Å²) < 4.78 is 2.11.